The zero-order valence-electron chi connectivity index (χ0n) is 26.3. The number of benzene rings is 2. The van der Waals surface area contributed by atoms with Crippen LogP contribution in [0, 0.1) is 10.8 Å². The molecule has 2 aromatic carbocycles. The molecule has 0 spiro atoms. The highest BCUT2D eigenvalue weighted by Crippen LogP contribution is 2.39. The number of hydrogen-bond acceptors (Lipinski definition) is 9. The molecule has 0 radical (unpaired) electrons. The highest BCUT2D eigenvalue weighted by atomic mass is 16.7. The van der Waals surface area contributed by atoms with Gasteiger partial charge in [-0.05, 0) is 49.4 Å². The molecule has 3 unspecified atom stereocenters. The maximum Gasteiger partial charge on any atom is 0.251 e. The molecule has 1 heterocycles. The largest absolute Gasteiger partial charge is 0.496 e. The average molecular weight is 603 g/mol. The summed E-state index contributed by atoms with van der Waals surface area (Å²) in [6.07, 6.45) is 11.8. The number of para-hydroxylation sites is 1. The van der Waals surface area contributed by atoms with Crippen LogP contribution in [0.3, 0.4) is 0 Å². The molecule has 1 aliphatic carbocycles. The van der Waals surface area contributed by atoms with Gasteiger partial charge in [0.25, 0.3) is 5.91 Å². The molecular weight excluding hydrogens is 556 g/mol. The van der Waals surface area contributed by atoms with Crippen molar-refractivity contribution in [3.63, 3.8) is 0 Å². The summed E-state index contributed by atoms with van der Waals surface area (Å²) in [5, 5.41) is 8.04. The molecule has 236 valence electrons. The molecule has 44 heavy (non-hydrogen) atoms. The molecule has 1 saturated heterocycles. The number of nitrogens with two attached hydrogens (primary N) is 2. The Hall–Kier alpha value is -3.99. The fourth-order valence-corrected chi connectivity index (χ4v) is 5.94. The van der Waals surface area contributed by atoms with Gasteiger partial charge in [0.05, 0.1) is 32.3 Å². The number of nitrogens with zero attached hydrogens (tertiary/aromatic N) is 3. The molecule has 0 aromatic heterocycles. The van der Waals surface area contributed by atoms with Crippen molar-refractivity contribution in [2.75, 3.05) is 45.7 Å². The molecule has 4 rings (SSSR count). The van der Waals surface area contributed by atoms with Crippen molar-refractivity contribution in [2.24, 2.45) is 22.6 Å². The summed E-state index contributed by atoms with van der Waals surface area (Å²) in [6.45, 7) is 3.20. The topological polar surface area (TPSA) is 136 Å². The van der Waals surface area contributed by atoms with Crippen LogP contribution in [0.1, 0.15) is 48.5 Å². The quantitative estimate of drug-likeness (QED) is 0.260. The number of allylic oxidation sites excluding steroid dienone is 4. The van der Waals surface area contributed by atoms with Gasteiger partial charge in [-0.3, -0.25) is 9.63 Å². The second-order valence-electron chi connectivity index (χ2n) is 11.4. The summed E-state index contributed by atoms with van der Waals surface area (Å²) in [5.41, 5.74) is 18.4. The van der Waals surface area contributed by atoms with Crippen LogP contribution in [-0.4, -0.2) is 64.0 Å². The third kappa shape index (κ3) is 7.74. The van der Waals surface area contributed by atoms with Gasteiger partial charge in [-0.25, -0.2) is 0 Å². The third-order valence-corrected chi connectivity index (χ3v) is 8.17. The molecule has 0 bridgehead atoms. The number of rotatable bonds is 14. The minimum absolute atomic E-state index is 0.0505. The van der Waals surface area contributed by atoms with E-state index in [9.17, 15) is 9.70 Å². The Kier molecular flexibility index (Phi) is 11.7. The van der Waals surface area contributed by atoms with Crippen LogP contribution in [-0.2, 0) is 11.4 Å². The van der Waals surface area contributed by atoms with E-state index in [1.54, 1.807) is 12.2 Å². The highest BCUT2D eigenvalue weighted by Gasteiger charge is 2.44. The van der Waals surface area contributed by atoms with E-state index in [0.29, 0.717) is 30.1 Å². The first kappa shape index (κ1) is 32.9. The summed E-state index contributed by atoms with van der Waals surface area (Å²) in [4.78, 5) is 32.9. The molecule has 1 aliphatic heterocycles. The van der Waals surface area contributed by atoms with Crippen molar-refractivity contribution in [2.45, 2.75) is 51.3 Å². The predicted octanol–water partition coefficient (Wildman–Crippen LogP) is 4.90. The first-order chi connectivity index (χ1) is 21.3. The van der Waals surface area contributed by atoms with Gasteiger partial charge < -0.3 is 26.4 Å². The lowest BCUT2D eigenvalue weighted by molar-refractivity contribution is -0.162. The van der Waals surface area contributed by atoms with Crippen molar-refractivity contribution in [1.29, 1.82) is 0 Å². The van der Waals surface area contributed by atoms with Crippen LogP contribution in [0.2, 0.25) is 0 Å². The molecule has 10 heteroatoms. The molecule has 5 N–H and O–H groups in total. The Bertz CT molecular complexity index is 1400. The maximum absolute atomic E-state index is 13.3. The Balaban J connectivity index is 1.64. The van der Waals surface area contributed by atoms with E-state index < -0.39 is 0 Å². The minimum Gasteiger partial charge on any atom is -0.496 e. The van der Waals surface area contributed by atoms with Gasteiger partial charge >= 0.3 is 0 Å². The molecular formula is C34H46N6O4. The number of amides is 1. The molecule has 0 saturated carbocycles. The SMILES string of the molecule is CC/C=C(\N)C1C(CN=O)C(CN)ON1Cc1cccc(-c2cc(C(=O)NCCC3=CCCC=C3)cc(N(C)C)c2)c1OC. The van der Waals surface area contributed by atoms with E-state index in [4.69, 9.17) is 21.0 Å². The Morgan fingerprint density at radius 1 is 1.25 bits per heavy atom. The Labute approximate surface area is 260 Å². The summed E-state index contributed by atoms with van der Waals surface area (Å²) >= 11 is 0. The molecule has 2 aromatic rings. The molecule has 1 amide bonds. The average Bonchev–Trinajstić information content (AvgIpc) is 3.38. The molecule has 10 nitrogen and oxygen atoms in total. The Morgan fingerprint density at radius 3 is 2.73 bits per heavy atom. The van der Waals surface area contributed by atoms with E-state index >= 15 is 0 Å². The maximum atomic E-state index is 13.3. The molecule has 2 aliphatic rings. The van der Waals surface area contributed by atoms with Crippen LogP contribution < -0.4 is 26.4 Å². The number of carbonyl (C=O) groups is 1. The number of methoxy groups -OCH3 is 1. The van der Waals surface area contributed by atoms with Crippen LogP contribution >= 0.6 is 0 Å². The smallest absolute Gasteiger partial charge is 0.251 e. The summed E-state index contributed by atoms with van der Waals surface area (Å²) in [5.74, 6) is 0.268. The van der Waals surface area contributed by atoms with Crippen molar-refractivity contribution < 1.29 is 14.4 Å². The normalized spacial score (nSPS) is 20.3. The van der Waals surface area contributed by atoms with Crippen LogP contribution in [0.4, 0.5) is 5.69 Å². The summed E-state index contributed by atoms with van der Waals surface area (Å²) in [7, 11) is 5.54. The van der Waals surface area contributed by atoms with Crippen LogP contribution in [0.15, 0.2) is 77.1 Å². The lowest BCUT2D eigenvalue weighted by Crippen LogP contribution is -2.38. The lowest BCUT2D eigenvalue weighted by atomic mass is 9.91. The fourth-order valence-electron chi connectivity index (χ4n) is 5.94. The molecule has 1 fully saturated rings. The fraction of sp³-hybridized carbons (Fsp3) is 0.441. The zero-order chi connectivity index (χ0) is 31.6. The van der Waals surface area contributed by atoms with Crippen molar-refractivity contribution >= 4 is 11.6 Å². The number of nitrogens with one attached hydrogen (secondary N) is 1. The second kappa shape index (κ2) is 15.7. The number of anilines is 1. The number of ether oxygens (including phenoxy) is 1. The van der Waals surface area contributed by atoms with Gasteiger partial charge in [-0.2, -0.15) is 9.97 Å². The first-order valence-corrected chi connectivity index (χ1v) is 15.3. The first-order valence-electron chi connectivity index (χ1n) is 15.3. The minimum atomic E-state index is -0.390. The van der Waals surface area contributed by atoms with E-state index in [-0.39, 0.29) is 37.1 Å². The van der Waals surface area contributed by atoms with Gasteiger partial charge in [-0.1, -0.05) is 60.2 Å². The third-order valence-electron chi connectivity index (χ3n) is 8.17. The Morgan fingerprint density at radius 2 is 2.07 bits per heavy atom. The highest BCUT2D eigenvalue weighted by molar-refractivity contribution is 5.97. The van der Waals surface area contributed by atoms with Gasteiger partial charge in [0.1, 0.15) is 5.75 Å². The van der Waals surface area contributed by atoms with Gasteiger partial charge in [0.2, 0.25) is 0 Å². The van der Waals surface area contributed by atoms with E-state index in [1.807, 2.05) is 68.4 Å². The zero-order valence-corrected chi connectivity index (χ0v) is 26.3. The number of nitroso groups, excluding NO2 is 1. The van der Waals surface area contributed by atoms with Crippen molar-refractivity contribution in [1.82, 2.24) is 10.4 Å². The van der Waals surface area contributed by atoms with E-state index in [2.05, 4.69) is 28.7 Å². The molecule has 3 atom stereocenters. The van der Waals surface area contributed by atoms with Gasteiger partial charge in [0, 0.05) is 61.2 Å². The second-order valence-corrected chi connectivity index (χ2v) is 11.4. The van der Waals surface area contributed by atoms with E-state index in [1.165, 1.54) is 5.57 Å². The number of hydrogen-bond donors (Lipinski definition) is 3. The van der Waals surface area contributed by atoms with Gasteiger partial charge in [0.15, 0.2) is 0 Å². The van der Waals surface area contributed by atoms with Crippen LogP contribution in [0.5, 0.6) is 5.75 Å². The number of carbonyl (C=O) groups excluding carboxylic acids is 1. The van der Waals surface area contributed by atoms with Crippen molar-refractivity contribution in [3.05, 3.63) is 88.0 Å². The lowest BCUT2D eigenvalue weighted by Gasteiger charge is -2.26. The van der Waals surface area contributed by atoms with Crippen LogP contribution in [0.25, 0.3) is 11.1 Å². The summed E-state index contributed by atoms with van der Waals surface area (Å²) in [6, 6.07) is 11.4. The monoisotopic (exact) mass is 602 g/mol. The van der Waals surface area contributed by atoms with Gasteiger partial charge in [-0.15, -0.1) is 0 Å². The number of hydroxylamine groups is 2. The predicted molar refractivity (Wildman–Crippen MR) is 176 cm³/mol. The summed E-state index contributed by atoms with van der Waals surface area (Å²) < 4.78 is 6.00. The standard InChI is InChI=1S/C34H46N6O4/c1-5-10-30(36)32-29(21-38-42)31(20-35)44-40(32)22-24-13-9-14-28(33(24)43-4)25-17-26(19-27(18-25)39(2)3)34(41)37-16-15-23-11-7-6-8-12-23/h7,9-14,17-19,29,31-32H,5-6,8,15-16,20-22,35-36H2,1-4H3,(H,37,41)/b30-10-. The van der Waals surface area contributed by atoms with E-state index in [0.717, 1.165) is 48.1 Å². The van der Waals surface area contributed by atoms with Crippen molar-refractivity contribution in [3.8, 4) is 16.9 Å².